The Morgan fingerprint density at radius 2 is 1.82 bits per heavy atom. The van der Waals surface area contributed by atoms with Crippen molar-refractivity contribution in [2.75, 3.05) is 19.7 Å². The first kappa shape index (κ1) is 25.0. The van der Waals surface area contributed by atoms with Crippen LogP contribution >= 0.6 is 0 Å². The molecule has 0 bridgehead atoms. The van der Waals surface area contributed by atoms with E-state index in [4.69, 9.17) is 19.7 Å². The van der Waals surface area contributed by atoms with Crippen LogP contribution in [-0.2, 0) is 9.53 Å². The molecule has 1 fully saturated rings. The van der Waals surface area contributed by atoms with Gasteiger partial charge in [-0.15, -0.1) is 0 Å². The van der Waals surface area contributed by atoms with Gasteiger partial charge in [-0.2, -0.15) is 18.3 Å². The molecule has 1 saturated heterocycles. The number of esters is 1. The number of hydrogen-bond donors (Lipinski definition) is 3. The van der Waals surface area contributed by atoms with E-state index in [2.05, 4.69) is 10.3 Å². The van der Waals surface area contributed by atoms with Crippen molar-refractivity contribution in [2.45, 2.75) is 31.9 Å². The van der Waals surface area contributed by atoms with Crippen molar-refractivity contribution in [3.05, 3.63) is 58.0 Å². The van der Waals surface area contributed by atoms with Gasteiger partial charge in [0.05, 0.1) is 12.3 Å². The molecule has 3 aromatic rings. The number of piperidine rings is 1. The van der Waals surface area contributed by atoms with E-state index in [-0.39, 0.29) is 18.1 Å². The van der Waals surface area contributed by atoms with E-state index in [1.807, 2.05) is 30.3 Å². The fraction of sp³-hybridized carbons (Fsp3) is 0.364. The lowest BCUT2D eigenvalue weighted by atomic mass is 9.94. The van der Waals surface area contributed by atoms with Gasteiger partial charge >= 0.3 is 18.1 Å². The number of carboxylic acids is 1. The minimum absolute atomic E-state index is 0.217. The number of halogens is 3. The molecule has 0 unspecified atom stereocenters. The molecule has 3 heterocycles. The molecule has 34 heavy (non-hydrogen) atoms. The third kappa shape index (κ3) is 5.63. The molecule has 182 valence electrons. The maximum absolute atomic E-state index is 12.7. The average Bonchev–Trinajstić information content (AvgIpc) is 3.19. The first-order valence-corrected chi connectivity index (χ1v) is 10.5. The van der Waals surface area contributed by atoms with E-state index in [0.29, 0.717) is 16.9 Å². The van der Waals surface area contributed by atoms with Gasteiger partial charge in [-0.25, -0.2) is 14.1 Å². The SMILES string of the molecule is CCOC(=O)c1c(-c2ccccc2)nn2c(C3CCNCC3)cc(=O)[nH]c12.O=C(O)C(F)(F)F. The number of aromatic amines is 1. The number of nitrogens with zero attached hydrogens (tertiary/aromatic N) is 2. The summed E-state index contributed by atoms with van der Waals surface area (Å²) in [5.74, 6) is -3.02. The number of aromatic nitrogens is 3. The van der Waals surface area contributed by atoms with E-state index in [1.54, 1.807) is 17.5 Å². The van der Waals surface area contributed by atoms with Crippen molar-refractivity contribution in [3.63, 3.8) is 0 Å². The van der Waals surface area contributed by atoms with Crippen LogP contribution in [0.4, 0.5) is 13.2 Å². The van der Waals surface area contributed by atoms with Crippen LogP contribution in [0.25, 0.3) is 16.9 Å². The maximum Gasteiger partial charge on any atom is 0.490 e. The number of ether oxygens (including phenoxy) is 1. The first-order valence-electron chi connectivity index (χ1n) is 10.5. The van der Waals surface area contributed by atoms with Crippen LogP contribution in [0, 0.1) is 0 Å². The Hall–Kier alpha value is -3.67. The fourth-order valence-electron chi connectivity index (χ4n) is 3.67. The number of benzene rings is 1. The number of carbonyl (C=O) groups is 2. The quantitative estimate of drug-likeness (QED) is 0.490. The molecule has 12 heteroatoms. The number of aliphatic carboxylic acids is 1. The molecule has 1 aromatic carbocycles. The minimum Gasteiger partial charge on any atom is -0.475 e. The van der Waals surface area contributed by atoms with Gasteiger partial charge in [0.1, 0.15) is 11.3 Å². The molecule has 1 aliphatic heterocycles. The number of alkyl halides is 3. The molecule has 4 rings (SSSR count). The second-order valence-electron chi connectivity index (χ2n) is 7.46. The second kappa shape index (κ2) is 10.5. The number of rotatable bonds is 4. The molecule has 1 aliphatic rings. The van der Waals surface area contributed by atoms with Crippen LogP contribution in [0.5, 0.6) is 0 Å². The van der Waals surface area contributed by atoms with Crippen LogP contribution in [0.1, 0.15) is 41.7 Å². The van der Waals surface area contributed by atoms with E-state index in [1.165, 1.54) is 0 Å². The number of H-pyrrole nitrogens is 1. The Kier molecular flexibility index (Phi) is 7.72. The summed E-state index contributed by atoms with van der Waals surface area (Å²) in [7, 11) is 0. The van der Waals surface area contributed by atoms with Crippen molar-refractivity contribution in [2.24, 2.45) is 0 Å². The van der Waals surface area contributed by atoms with Crippen LogP contribution in [0.15, 0.2) is 41.2 Å². The Morgan fingerprint density at radius 3 is 2.38 bits per heavy atom. The van der Waals surface area contributed by atoms with Crippen molar-refractivity contribution in [1.82, 2.24) is 19.9 Å². The molecule has 0 spiro atoms. The minimum atomic E-state index is -5.08. The Balaban J connectivity index is 0.000000406. The molecule has 2 aromatic heterocycles. The highest BCUT2D eigenvalue weighted by Crippen LogP contribution is 2.30. The highest BCUT2D eigenvalue weighted by Gasteiger charge is 2.38. The van der Waals surface area contributed by atoms with Crippen molar-refractivity contribution >= 4 is 17.6 Å². The number of nitrogens with one attached hydrogen (secondary N) is 2. The Morgan fingerprint density at radius 1 is 1.21 bits per heavy atom. The largest absolute Gasteiger partial charge is 0.490 e. The van der Waals surface area contributed by atoms with Crippen LogP contribution in [0.3, 0.4) is 0 Å². The van der Waals surface area contributed by atoms with E-state index < -0.39 is 18.1 Å². The molecule has 0 aliphatic carbocycles. The molecule has 9 nitrogen and oxygen atoms in total. The molecular weight excluding hydrogens is 457 g/mol. The van der Waals surface area contributed by atoms with Gasteiger partial charge in [0.15, 0.2) is 5.65 Å². The highest BCUT2D eigenvalue weighted by molar-refractivity contribution is 6.02. The summed E-state index contributed by atoms with van der Waals surface area (Å²) in [5.41, 5.74) is 2.63. The Labute approximate surface area is 191 Å². The topological polar surface area (TPSA) is 126 Å². The Bertz CT molecular complexity index is 1210. The fourth-order valence-corrected chi connectivity index (χ4v) is 3.67. The van der Waals surface area contributed by atoms with Gasteiger partial charge < -0.3 is 20.1 Å². The third-order valence-electron chi connectivity index (χ3n) is 5.18. The van der Waals surface area contributed by atoms with Crippen molar-refractivity contribution in [1.29, 1.82) is 0 Å². The lowest BCUT2D eigenvalue weighted by Gasteiger charge is -2.23. The van der Waals surface area contributed by atoms with Crippen LogP contribution in [-0.4, -0.2) is 57.5 Å². The molecule has 3 N–H and O–H groups in total. The summed E-state index contributed by atoms with van der Waals surface area (Å²) in [6.07, 6.45) is -3.23. The normalized spacial score (nSPS) is 14.4. The number of hydrogen-bond acceptors (Lipinski definition) is 6. The maximum atomic E-state index is 12.7. The monoisotopic (exact) mass is 480 g/mol. The summed E-state index contributed by atoms with van der Waals surface area (Å²) in [4.78, 5) is 36.8. The smallest absolute Gasteiger partial charge is 0.475 e. The second-order valence-corrected chi connectivity index (χ2v) is 7.46. The zero-order valence-electron chi connectivity index (χ0n) is 18.2. The zero-order chi connectivity index (χ0) is 24.9. The van der Waals surface area contributed by atoms with Crippen LogP contribution in [0.2, 0.25) is 0 Å². The average molecular weight is 480 g/mol. The first-order chi connectivity index (χ1) is 16.1. The molecule has 0 saturated carbocycles. The molecule has 0 amide bonds. The molecule has 0 radical (unpaired) electrons. The van der Waals surface area contributed by atoms with Gasteiger partial charge in [-0.1, -0.05) is 30.3 Å². The summed E-state index contributed by atoms with van der Waals surface area (Å²) in [6, 6.07) is 11.1. The van der Waals surface area contributed by atoms with Gasteiger partial charge in [0.25, 0.3) is 5.56 Å². The standard InChI is InChI=1S/C20H22N4O3.C2HF3O2/c1-2-27-20(26)17-18(14-6-4-3-5-7-14)23-24-15(12-16(25)22-19(17)24)13-8-10-21-11-9-13;3-2(4,5)1(6)7/h3-7,12-13,21H,2,8-11H2,1H3,(H,22,25);(H,6,7). The van der Waals surface area contributed by atoms with Crippen molar-refractivity contribution in [3.8, 4) is 11.3 Å². The number of carbonyl (C=O) groups excluding carboxylic acids is 1. The molecule has 0 atom stereocenters. The predicted octanol–water partition coefficient (Wildman–Crippen LogP) is 2.97. The molecular formula is C22H23F3N4O5. The summed E-state index contributed by atoms with van der Waals surface area (Å²) < 4.78 is 38.7. The van der Waals surface area contributed by atoms with E-state index >= 15 is 0 Å². The number of carboxylic acid groups (broad SMARTS) is 1. The summed E-state index contributed by atoms with van der Waals surface area (Å²) in [5, 5.41) is 15.2. The zero-order valence-corrected chi connectivity index (χ0v) is 18.2. The lowest BCUT2D eigenvalue weighted by Crippen LogP contribution is -2.28. The predicted molar refractivity (Wildman–Crippen MR) is 116 cm³/mol. The highest BCUT2D eigenvalue weighted by atomic mass is 19.4. The lowest BCUT2D eigenvalue weighted by molar-refractivity contribution is -0.192. The third-order valence-corrected chi connectivity index (χ3v) is 5.18. The van der Waals surface area contributed by atoms with Crippen LogP contribution < -0.4 is 10.9 Å². The van der Waals surface area contributed by atoms with Gasteiger partial charge in [-0.05, 0) is 32.9 Å². The number of fused-ring (bicyclic) bond motifs is 1. The van der Waals surface area contributed by atoms with Crippen molar-refractivity contribution < 1.29 is 32.6 Å². The van der Waals surface area contributed by atoms with E-state index in [0.717, 1.165) is 37.2 Å². The van der Waals surface area contributed by atoms with E-state index in [9.17, 15) is 22.8 Å². The summed E-state index contributed by atoms with van der Waals surface area (Å²) in [6.45, 7) is 3.81. The van der Waals surface area contributed by atoms with Gasteiger partial charge in [-0.3, -0.25) is 4.79 Å². The summed E-state index contributed by atoms with van der Waals surface area (Å²) >= 11 is 0. The van der Waals surface area contributed by atoms with Gasteiger partial charge in [0.2, 0.25) is 0 Å². The van der Waals surface area contributed by atoms with Gasteiger partial charge in [0, 0.05) is 17.5 Å².